The maximum Gasteiger partial charge on any atom is 0.219 e. The van der Waals surface area contributed by atoms with Crippen LogP contribution in [0.4, 0.5) is 0 Å². The summed E-state index contributed by atoms with van der Waals surface area (Å²) in [7, 11) is -3.31. The molecule has 2 heterocycles. The molecule has 1 saturated heterocycles. The third-order valence-electron chi connectivity index (χ3n) is 4.10. The van der Waals surface area contributed by atoms with Crippen molar-refractivity contribution in [3.05, 3.63) is 30.1 Å². The van der Waals surface area contributed by atoms with E-state index >= 15 is 0 Å². The second-order valence-corrected chi connectivity index (χ2v) is 7.98. The predicted octanol–water partition coefficient (Wildman–Crippen LogP) is 1.64. The lowest BCUT2D eigenvalue weighted by Gasteiger charge is -2.24. The molecule has 0 bridgehead atoms. The van der Waals surface area contributed by atoms with Crippen molar-refractivity contribution in [1.29, 1.82) is 0 Å². The third kappa shape index (κ3) is 5.58. The van der Waals surface area contributed by atoms with E-state index in [0.29, 0.717) is 19.6 Å². The highest BCUT2D eigenvalue weighted by molar-refractivity contribution is 7.89. The molecule has 1 aromatic rings. The number of sulfonamides is 1. The molecule has 0 aromatic carbocycles. The van der Waals surface area contributed by atoms with E-state index in [4.69, 9.17) is 0 Å². The fourth-order valence-corrected chi connectivity index (χ4v) is 4.23. The van der Waals surface area contributed by atoms with Gasteiger partial charge in [0.05, 0.1) is 18.0 Å². The number of amides is 1. The fourth-order valence-electron chi connectivity index (χ4n) is 2.71. The lowest BCUT2D eigenvalue weighted by molar-refractivity contribution is -0.129. The Labute approximate surface area is 138 Å². The van der Waals surface area contributed by atoms with Crippen molar-refractivity contribution in [2.24, 2.45) is 0 Å². The molecule has 23 heavy (non-hydrogen) atoms. The molecule has 128 valence electrons. The molecule has 0 unspecified atom stereocenters. The van der Waals surface area contributed by atoms with Crippen LogP contribution in [0.15, 0.2) is 24.4 Å². The van der Waals surface area contributed by atoms with Crippen LogP contribution in [0.1, 0.15) is 38.3 Å². The van der Waals surface area contributed by atoms with Gasteiger partial charge >= 0.3 is 0 Å². The molecule has 1 aliphatic heterocycles. The molecule has 0 radical (unpaired) electrons. The van der Waals surface area contributed by atoms with E-state index < -0.39 is 10.0 Å². The molecular formula is C16H25N3O3S. The molecule has 1 aliphatic rings. The van der Waals surface area contributed by atoms with Crippen LogP contribution in [0.3, 0.4) is 0 Å². The summed E-state index contributed by atoms with van der Waals surface area (Å²) in [6.45, 7) is 3.20. The number of aromatic nitrogens is 1. The zero-order valence-corrected chi connectivity index (χ0v) is 14.5. The number of carbonyl (C=O) groups is 1. The average Bonchev–Trinajstić information content (AvgIpc) is 2.82. The number of nitrogens with zero attached hydrogens (tertiary/aromatic N) is 3. The predicted molar refractivity (Wildman–Crippen MR) is 89.2 cm³/mol. The number of hydrogen-bond donors (Lipinski definition) is 0. The first-order valence-corrected chi connectivity index (χ1v) is 9.73. The standard InChI is InChI=1S/C16H25N3O3S/c1-15(20)18(14-16-8-4-5-9-17-16)12-13-23(21,22)19-10-6-2-3-7-11-19/h4-5,8-9H,2-3,6-7,10-14H2,1H3. The maximum atomic E-state index is 12.5. The normalized spacial score (nSPS) is 16.7. The van der Waals surface area contributed by atoms with E-state index in [1.807, 2.05) is 18.2 Å². The van der Waals surface area contributed by atoms with Crippen LogP contribution >= 0.6 is 0 Å². The Bertz CT molecular complexity index is 596. The SMILES string of the molecule is CC(=O)N(CCS(=O)(=O)N1CCCCCC1)Cc1ccccn1. The molecule has 1 fully saturated rings. The van der Waals surface area contributed by atoms with Gasteiger partial charge in [0, 0.05) is 32.8 Å². The van der Waals surface area contributed by atoms with Crippen LogP contribution in [0.5, 0.6) is 0 Å². The topological polar surface area (TPSA) is 70.6 Å². The second-order valence-electron chi connectivity index (χ2n) is 5.89. The monoisotopic (exact) mass is 339 g/mol. The lowest BCUT2D eigenvalue weighted by atomic mass is 10.2. The van der Waals surface area contributed by atoms with Crippen molar-refractivity contribution >= 4 is 15.9 Å². The molecule has 2 rings (SSSR count). The number of pyridine rings is 1. The van der Waals surface area contributed by atoms with Crippen molar-refractivity contribution in [1.82, 2.24) is 14.2 Å². The molecule has 0 spiro atoms. The molecule has 0 N–H and O–H groups in total. The minimum atomic E-state index is -3.31. The minimum absolute atomic E-state index is 0.0284. The van der Waals surface area contributed by atoms with Gasteiger partial charge < -0.3 is 4.90 Å². The van der Waals surface area contributed by atoms with Gasteiger partial charge in [0.15, 0.2) is 0 Å². The molecular weight excluding hydrogens is 314 g/mol. The Morgan fingerprint density at radius 2 is 1.91 bits per heavy atom. The highest BCUT2D eigenvalue weighted by Gasteiger charge is 2.24. The van der Waals surface area contributed by atoms with E-state index in [1.54, 1.807) is 10.5 Å². The lowest BCUT2D eigenvalue weighted by Crippen LogP contribution is -2.39. The summed E-state index contributed by atoms with van der Waals surface area (Å²) in [5, 5.41) is 0. The van der Waals surface area contributed by atoms with E-state index in [2.05, 4.69) is 4.98 Å². The summed E-state index contributed by atoms with van der Waals surface area (Å²) in [4.78, 5) is 17.5. The maximum absolute atomic E-state index is 12.5. The largest absolute Gasteiger partial charge is 0.336 e. The third-order valence-corrected chi connectivity index (χ3v) is 5.95. The number of hydrogen-bond acceptors (Lipinski definition) is 4. The van der Waals surface area contributed by atoms with Crippen LogP contribution in [0.2, 0.25) is 0 Å². The van der Waals surface area contributed by atoms with E-state index in [9.17, 15) is 13.2 Å². The van der Waals surface area contributed by atoms with Gasteiger partial charge in [-0.2, -0.15) is 0 Å². The van der Waals surface area contributed by atoms with Crippen molar-refractivity contribution in [3.63, 3.8) is 0 Å². The first-order chi connectivity index (χ1) is 11.0. The van der Waals surface area contributed by atoms with Crippen LogP contribution in [0, 0.1) is 0 Å². The minimum Gasteiger partial charge on any atom is -0.336 e. The summed E-state index contributed by atoms with van der Waals surface area (Å²) in [5.41, 5.74) is 0.759. The summed E-state index contributed by atoms with van der Waals surface area (Å²) < 4.78 is 26.6. The Kier molecular flexibility index (Phi) is 6.53. The van der Waals surface area contributed by atoms with Crippen molar-refractivity contribution in [2.45, 2.75) is 39.2 Å². The molecule has 0 saturated carbocycles. The van der Waals surface area contributed by atoms with Gasteiger partial charge in [-0.05, 0) is 25.0 Å². The van der Waals surface area contributed by atoms with Gasteiger partial charge in [0.25, 0.3) is 0 Å². The van der Waals surface area contributed by atoms with Crippen LogP contribution in [-0.2, 0) is 21.4 Å². The van der Waals surface area contributed by atoms with Crippen LogP contribution < -0.4 is 0 Å². The average molecular weight is 339 g/mol. The van der Waals surface area contributed by atoms with E-state index in [0.717, 1.165) is 31.4 Å². The first kappa shape index (κ1) is 17.9. The van der Waals surface area contributed by atoms with E-state index in [1.165, 1.54) is 11.8 Å². The van der Waals surface area contributed by atoms with Crippen molar-refractivity contribution in [3.8, 4) is 0 Å². The molecule has 0 atom stereocenters. The Hall–Kier alpha value is -1.47. The van der Waals surface area contributed by atoms with Gasteiger partial charge in [-0.15, -0.1) is 0 Å². The molecule has 1 aromatic heterocycles. The molecule has 7 heteroatoms. The van der Waals surface area contributed by atoms with Gasteiger partial charge in [0.2, 0.25) is 15.9 Å². The van der Waals surface area contributed by atoms with Crippen molar-refractivity contribution < 1.29 is 13.2 Å². The molecule has 6 nitrogen and oxygen atoms in total. The Morgan fingerprint density at radius 1 is 1.22 bits per heavy atom. The highest BCUT2D eigenvalue weighted by atomic mass is 32.2. The van der Waals surface area contributed by atoms with Gasteiger partial charge in [-0.25, -0.2) is 12.7 Å². The summed E-state index contributed by atoms with van der Waals surface area (Å²) in [6.07, 6.45) is 5.69. The molecule has 1 amide bonds. The summed E-state index contributed by atoms with van der Waals surface area (Å²) in [5.74, 6) is -0.166. The highest BCUT2D eigenvalue weighted by Crippen LogP contribution is 2.14. The number of rotatable bonds is 6. The van der Waals surface area contributed by atoms with Gasteiger partial charge in [0.1, 0.15) is 0 Å². The quantitative estimate of drug-likeness (QED) is 0.790. The Balaban J connectivity index is 1.96. The Morgan fingerprint density at radius 3 is 2.48 bits per heavy atom. The fraction of sp³-hybridized carbons (Fsp3) is 0.625. The number of carbonyl (C=O) groups excluding carboxylic acids is 1. The van der Waals surface area contributed by atoms with Gasteiger partial charge in [-0.1, -0.05) is 18.9 Å². The smallest absolute Gasteiger partial charge is 0.219 e. The second kappa shape index (κ2) is 8.40. The van der Waals surface area contributed by atoms with Crippen molar-refractivity contribution in [2.75, 3.05) is 25.4 Å². The first-order valence-electron chi connectivity index (χ1n) is 8.12. The summed E-state index contributed by atoms with van der Waals surface area (Å²) >= 11 is 0. The van der Waals surface area contributed by atoms with Gasteiger partial charge in [-0.3, -0.25) is 9.78 Å². The van der Waals surface area contributed by atoms with E-state index in [-0.39, 0.29) is 18.2 Å². The summed E-state index contributed by atoms with van der Waals surface area (Å²) in [6, 6.07) is 5.50. The van der Waals surface area contributed by atoms with Crippen LogP contribution in [-0.4, -0.2) is 53.9 Å². The van der Waals surface area contributed by atoms with Crippen LogP contribution in [0.25, 0.3) is 0 Å². The zero-order chi connectivity index (χ0) is 16.7. The molecule has 0 aliphatic carbocycles. The zero-order valence-electron chi connectivity index (χ0n) is 13.6.